The van der Waals surface area contributed by atoms with Gasteiger partial charge in [-0.15, -0.1) is 11.6 Å². The van der Waals surface area contributed by atoms with E-state index in [4.69, 9.17) is 16.3 Å². The second-order valence-electron chi connectivity index (χ2n) is 4.22. The minimum atomic E-state index is -3.88. The second kappa shape index (κ2) is 6.65. The van der Waals surface area contributed by atoms with Gasteiger partial charge in [0.15, 0.2) is 0 Å². The van der Waals surface area contributed by atoms with Crippen LogP contribution in [0, 0.1) is 5.82 Å². The normalized spacial score (nSPS) is 13.8. The molecule has 19 heavy (non-hydrogen) atoms. The van der Waals surface area contributed by atoms with Crippen molar-refractivity contribution in [2.45, 2.75) is 23.7 Å². The molecule has 0 aliphatic heterocycles. The fourth-order valence-corrected chi connectivity index (χ4v) is 3.13. The van der Waals surface area contributed by atoms with Crippen LogP contribution in [-0.4, -0.2) is 39.5 Å². The summed E-state index contributed by atoms with van der Waals surface area (Å²) < 4.78 is 44.4. The summed E-state index contributed by atoms with van der Waals surface area (Å²) >= 11 is 5.58. The Morgan fingerprint density at radius 1 is 1.47 bits per heavy atom. The predicted molar refractivity (Wildman–Crippen MR) is 72.2 cm³/mol. The smallest absolute Gasteiger partial charge is 0.246 e. The van der Waals surface area contributed by atoms with Crippen molar-refractivity contribution in [3.63, 3.8) is 0 Å². The maximum absolute atomic E-state index is 13.8. The zero-order valence-corrected chi connectivity index (χ0v) is 12.6. The summed E-state index contributed by atoms with van der Waals surface area (Å²) in [4.78, 5) is -0.355. The molecule has 0 aliphatic rings. The van der Waals surface area contributed by atoms with Crippen LogP contribution in [-0.2, 0) is 20.6 Å². The molecule has 108 valence electrons. The molecule has 1 atom stereocenters. The highest BCUT2D eigenvalue weighted by molar-refractivity contribution is 7.89. The van der Waals surface area contributed by atoms with Gasteiger partial charge >= 0.3 is 0 Å². The van der Waals surface area contributed by atoms with Gasteiger partial charge in [-0.2, -0.15) is 4.31 Å². The highest BCUT2D eigenvalue weighted by atomic mass is 35.5. The number of sulfonamides is 1. The van der Waals surface area contributed by atoms with Gasteiger partial charge in [-0.05, 0) is 24.6 Å². The first-order valence-corrected chi connectivity index (χ1v) is 7.63. The third-order valence-corrected chi connectivity index (χ3v) is 5.15. The van der Waals surface area contributed by atoms with Gasteiger partial charge in [0.1, 0.15) is 10.7 Å². The van der Waals surface area contributed by atoms with E-state index in [-0.39, 0.29) is 23.4 Å². The number of benzene rings is 1. The second-order valence-corrected chi connectivity index (χ2v) is 6.46. The average Bonchev–Trinajstić information content (AvgIpc) is 2.37. The first kappa shape index (κ1) is 16.4. The van der Waals surface area contributed by atoms with Crippen molar-refractivity contribution < 1.29 is 17.5 Å². The van der Waals surface area contributed by atoms with E-state index in [1.54, 1.807) is 6.92 Å². The van der Waals surface area contributed by atoms with Gasteiger partial charge in [-0.25, -0.2) is 12.8 Å². The number of methoxy groups -OCH3 is 1. The molecule has 0 spiro atoms. The Morgan fingerprint density at radius 3 is 2.58 bits per heavy atom. The average molecular weight is 310 g/mol. The Morgan fingerprint density at radius 2 is 2.11 bits per heavy atom. The summed E-state index contributed by atoms with van der Waals surface area (Å²) in [6.07, 6.45) is 0. The van der Waals surface area contributed by atoms with E-state index < -0.39 is 15.8 Å². The van der Waals surface area contributed by atoms with Crippen LogP contribution in [0.3, 0.4) is 0 Å². The Hall–Kier alpha value is -0.690. The summed E-state index contributed by atoms with van der Waals surface area (Å²) in [7, 11) is -1.01. The van der Waals surface area contributed by atoms with Crippen LogP contribution < -0.4 is 0 Å². The molecule has 0 amide bonds. The maximum Gasteiger partial charge on any atom is 0.246 e. The summed E-state index contributed by atoms with van der Waals surface area (Å²) in [6, 6.07) is 3.48. The van der Waals surface area contributed by atoms with Crippen LogP contribution in [0.5, 0.6) is 0 Å². The van der Waals surface area contributed by atoms with E-state index in [9.17, 15) is 12.8 Å². The lowest BCUT2D eigenvalue weighted by molar-refractivity contribution is 0.149. The van der Waals surface area contributed by atoms with Crippen molar-refractivity contribution in [3.8, 4) is 0 Å². The molecule has 0 N–H and O–H groups in total. The van der Waals surface area contributed by atoms with Gasteiger partial charge in [0.25, 0.3) is 0 Å². The third kappa shape index (κ3) is 3.66. The number of likely N-dealkylation sites (N-methyl/N-ethyl adjacent to an activating group) is 1. The van der Waals surface area contributed by atoms with Crippen LogP contribution in [0.1, 0.15) is 12.5 Å². The largest absolute Gasteiger partial charge is 0.383 e. The minimum Gasteiger partial charge on any atom is -0.383 e. The molecular weight excluding hydrogens is 293 g/mol. The van der Waals surface area contributed by atoms with Crippen LogP contribution in [0.25, 0.3) is 0 Å². The lowest BCUT2D eigenvalue weighted by atomic mass is 10.2. The lowest BCUT2D eigenvalue weighted by Gasteiger charge is -2.23. The van der Waals surface area contributed by atoms with E-state index in [1.165, 1.54) is 26.3 Å². The molecule has 0 aliphatic carbocycles. The SMILES string of the molecule is COCC(C)N(C)S(=O)(=O)c1ccc(CCl)cc1F. The summed E-state index contributed by atoms with van der Waals surface area (Å²) in [5, 5.41) is 0. The molecule has 0 fully saturated rings. The first-order chi connectivity index (χ1) is 8.84. The third-order valence-electron chi connectivity index (χ3n) is 2.84. The van der Waals surface area contributed by atoms with E-state index in [2.05, 4.69) is 0 Å². The fraction of sp³-hybridized carbons (Fsp3) is 0.500. The quantitative estimate of drug-likeness (QED) is 0.757. The summed E-state index contributed by atoms with van der Waals surface area (Å²) in [5.74, 6) is -0.665. The number of hydrogen-bond donors (Lipinski definition) is 0. The number of ether oxygens (including phenoxy) is 1. The molecule has 1 unspecified atom stereocenters. The predicted octanol–water partition coefficient (Wildman–Crippen LogP) is 2.22. The zero-order chi connectivity index (χ0) is 14.6. The molecule has 1 aromatic rings. The van der Waals surface area contributed by atoms with E-state index in [0.717, 1.165) is 10.4 Å². The molecule has 0 saturated carbocycles. The highest BCUT2D eigenvalue weighted by Gasteiger charge is 2.28. The lowest BCUT2D eigenvalue weighted by Crippen LogP contribution is -2.38. The number of alkyl halides is 1. The number of rotatable bonds is 6. The van der Waals surface area contributed by atoms with Crippen LogP contribution in [0.2, 0.25) is 0 Å². The molecule has 1 aromatic carbocycles. The maximum atomic E-state index is 13.8. The topological polar surface area (TPSA) is 46.6 Å². The Bertz CT molecular complexity index is 536. The fourth-order valence-electron chi connectivity index (χ4n) is 1.57. The van der Waals surface area contributed by atoms with Crippen molar-refractivity contribution in [1.29, 1.82) is 0 Å². The molecule has 0 radical (unpaired) electrons. The Labute approximate surface area is 118 Å². The van der Waals surface area contributed by atoms with Gasteiger partial charge in [0.2, 0.25) is 10.0 Å². The van der Waals surface area contributed by atoms with Gasteiger partial charge < -0.3 is 4.74 Å². The first-order valence-electron chi connectivity index (χ1n) is 5.66. The summed E-state index contributed by atoms with van der Waals surface area (Å²) in [6.45, 7) is 1.92. The van der Waals surface area contributed by atoms with Gasteiger partial charge in [-0.1, -0.05) is 6.07 Å². The van der Waals surface area contributed by atoms with Gasteiger partial charge in [0, 0.05) is 26.1 Å². The Balaban J connectivity index is 3.13. The molecule has 7 heteroatoms. The van der Waals surface area contributed by atoms with Gasteiger partial charge in [0.05, 0.1) is 6.61 Å². The van der Waals surface area contributed by atoms with Crippen molar-refractivity contribution in [1.82, 2.24) is 4.31 Å². The van der Waals surface area contributed by atoms with Crippen LogP contribution >= 0.6 is 11.6 Å². The van der Waals surface area contributed by atoms with E-state index >= 15 is 0 Å². The summed E-state index contributed by atoms with van der Waals surface area (Å²) in [5.41, 5.74) is 0.533. The minimum absolute atomic E-state index is 0.132. The van der Waals surface area contributed by atoms with Crippen LogP contribution in [0.15, 0.2) is 23.1 Å². The molecule has 0 bridgehead atoms. The molecule has 0 saturated heterocycles. The molecule has 0 aromatic heterocycles. The highest BCUT2D eigenvalue weighted by Crippen LogP contribution is 2.21. The van der Waals surface area contributed by atoms with Crippen molar-refractivity contribution in [2.24, 2.45) is 0 Å². The van der Waals surface area contributed by atoms with Crippen molar-refractivity contribution >= 4 is 21.6 Å². The number of halogens is 2. The Kier molecular flexibility index (Phi) is 5.73. The zero-order valence-electron chi connectivity index (χ0n) is 11.1. The number of hydrogen-bond acceptors (Lipinski definition) is 3. The van der Waals surface area contributed by atoms with Crippen LogP contribution in [0.4, 0.5) is 4.39 Å². The van der Waals surface area contributed by atoms with Crippen molar-refractivity contribution in [3.05, 3.63) is 29.6 Å². The van der Waals surface area contributed by atoms with Crippen molar-refractivity contribution in [2.75, 3.05) is 20.8 Å². The molecule has 0 heterocycles. The molecule has 4 nitrogen and oxygen atoms in total. The van der Waals surface area contributed by atoms with Gasteiger partial charge in [-0.3, -0.25) is 0 Å². The molecule has 1 rings (SSSR count). The monoisotopic (exact) mass is 309 g/mol. The number of nitrogens with zero attached hydrogens (tertiary/aromatic N) is 1. The molecular formula is C12H17ClFNO3S. The van der Waals surface area contributed by atoms with E-state index in [0.29, 0.717) is 5.56 Å². The standard InChI is InChI=1S/C12H17ClFNO3S/c1-9(8-18-3)15(2)19(16,17)12-5-4-10(7-13)6-11(12)14/h4-6,9H,7-8H2,1-3H3. The van der Waals surface area contributed by atoms with E-state index in [1.807, 2.05) is 0 Å².